The summed E-state index contributed by atoms with van der Waals surface area (Å²) in [5, 5.41) is 19.5. The number of aliphatic hydroxyl groups excluding tert-OH is 1. The molecule has 0 spiro atoms. The molecule has 0 aromatic heterocycles. The highest BCUT2D eigenvalue weighted by atomic mass is 32.2. The number of benzene rings is 1. The van der Waals surface area contributed by atoms with E-state index < -0.39 is 32.8 Å². The summed E-state index contributed by atoms with van der Waals surface area (Å²) in [4.78, 5) is 21.6. The molecule has 2 atom stereocenters. The first-order valence-corrected chi connectivity index (χ1v) is 7.93. The summed E-state index contributed by atoms with van der Waals surface area (Å²) in [6.07, 6.45) is 0.152. The number of rotatable bonds is 5. The number of hydrazine groups is 1. The molecule has 0 radical (unpaired) electrons. The molecule has 1 aliphatic heterocycles. The van der Waals surface area contributed by atoms with Crippen LogP contribution in [-0.2, 0) is 14.8 Å². The minimum atomic E-state index is -4.02. The van der Waals surface area contributed by atoms with Crippen molar-refractivity contribution in [2.45, 2.75) is 24.3 Å². The Balaban J connectivity index is 2.31. The van der Waals surface area contributed by atoms with E-state index in [1.165, 1.54) is 0 Å². The molecule has 10 heteroatoms. The van der Waals surface area contributed by atoms with Crippen molar-refractivity contribution in [3.05, 3.63) is 34.4 Å². The Morgan fingerprint density at radius 2 is 1.95 bits per heavy atom. The molecular weight excluding hydrogens is 314 g/mol. The number of hydrogen-bond acceptors (Lipinski definition) is 6. The van der Waals surface area contributed by atoms with Gasteiger partial charge in [0.2, 0.25) is 5.91 Å². The smallest absolute Gasteiger partial charge is 0.269 e. The van der Waals surface area contributed by atoms with Crippen LogP contribution in [0, 0.1) is 16.0 Å². The third-order valence-corrected chi connectivity index (χ3v) is 5.36. The zero-order valence-corrected chi connectivity index (χ0v) is 12.5. The lowest BCUT2D eigenvalue weighted by Gasteiger charge is -2.21. The van der Waals surface area contributed by atoms with Crippen molar-refractivity contribution in [2.75, 3.05) is 6.61 Å². The standard InChI is InChI=1S/C12H15N3O6S/c1-8-11(6-7-16)12(17)13-14(8)22(20,21)10-4-2-9(3-5-10)15(18)19/h2-5,8,11,16H,6-7H2,1H3,(H,13,17). The second-order valence-electron chi connectivity index (χ2n) is 4.89. The molecule has 1 heterocycles. The molecule has 0 saturated carbocycles. The minimum absolute atomic E-state index is 0.152. The molecule has 2 unspecified atom stereocenters. The van der Waals surface area contributed by atoms with Gasteiger partial charge in [-0.25, -0.2) is 8.42 Å². The van der Waals surface area contributed by atoms with E-state index in [1.807, 2.05) is 0 Å². The van der Waals surface area contributed by atoms with Gasteiger partial charge in [0.1, 0.15) is 0 Å². The zero-order valence-electron chi connectivity index (χ0n) is 11.7. The van der Waals surface area contributed by atoms with Crippen molar-refractivity contribution in [1.82, 2.24) is 9.84 Å². The van der Waals surface area contributed by atoms with Crippen LogP contribution in [0.15, 0.2) is 29.2 Å². The molecule has 1 aliphatic rings. The van der Waals surface area contributed by atoms with Gasteiger partial charge in [-0.1, -0.05) is 0 Å². The minimum Gasteiger partial charge on any atom is -0.396 e. The van der Waals surface area contributed by atoms with Gasteiger partial charge in [0, 0.05) is 18.7 Å². The summed E-state index contributed by atoms with van der Waals surface area (Å²) < 4.78 is 25.8. The van der Waals surface area contributed by atoms with E-state index in [2.05, 4.69) is 5.43 Å². The number of nitro benzene ring substituents is 1. The highest BCUT2D eigenvalue weighted by Gasteiger charge is 2.44. The van der Waals surface area contributed by atoms with Gasteiger partial charge in [-0.05, 0) is 25.5 Å². The Morgan fingerprint density at radius 1 is 1.36 bits per heavy atom. The van der Waals surface area contributed by atoms with Crippen molar-refractivity contribution < 1.29 is 23.2 Å². The van der Waals surface area contributed by atoms with Crippen LogP contribution in [0.3, 0.4) is 0 Å². The van der Waals surface area contributed by atoms with Crippen LogP contribution in [0.25, 0.3) is 0 Å². The molecule has 0 bridgehead atoms. The quantitative estimate of drug-likeness (QED) is 0.578. The van der Waals surface area contributed by atoms with E-state index in [0.717, 1.165) is 28.7 Å². The van der Waals surface area contributed by atoms with Crippen LogP contribution < -0.4 is 5.43 Å². The van der Waals surface area contributed by atoms with E-state index in [4.69, 9.17) is 5.11 Å². The maximum absolute atomic E-state index is 12.5. The van der Waals surface area contributed by atoms with Crippen LogP contribution in [0.2, 0.25) is 0 Å². The molecular formula is C12H15N3O6S. The fraction of sp³-hybridized carbons (Fsp3) is 0.417. The predicted octanol–water partition coefficient (Wildman–Crippen LogP) is 0.0174. The fourth-order valence-corrected chi connectivity index (χ4v) is 3.82. The number of nitrogens with zero attached hydrogens (tertiary/aromatic N) is 2. The number of nitro groups is 1. The Labute approximate surface area is 126 Å². The maximum Gasteiger partial charge on any atom is 0.269 e. The molecule has 1 aromatic rings. The number of non-ortho nitro benzene ring substituents is 1. The predicted molar refractivity (Wildman–Crippen MR) is 74.9 cm³/mol. The van der Waals surface area contributed by atoms with E-state index in [1.54, 1.807) is 6.92 Å². The number of hydrogen-bond donors (Lipinski definition) is 2. The van der Waals surface area contributed by atoms with E-state index in [-0.39, 0.29) is 23.6 Å². The highest BCUT2D eigenvalue weighted by Crippen LogP contribution is 2.27. The summed E-state index contributed by atoms with van der Waals surface area (Å²) in [6, 6.07) is 3.73. The number of sulfonamides is 1. The van der Waals surface area contributed by atoms with E-state index in [0.29, 0.717) is 0 Å². The summed E-state index contributed by atoms with van der Waals surface area (Å²) in [5.74, 6) is -1.12. The van der Waals surface area contributed by atoms with Crippen LogP contribution in [-0.4, -0.2) is 41.4 Å². The Kier molecular flexibility index (Phi) is 4.44. The topological polar surface area (TPSA) is 130 Å². The van der Waals surface area contributed by atoms with Gasteiger partial charge in [-0.2, -0.15) is 0 Å². The van der Waals surface area contributed by atoms with E-state index >= 15 is 0 Å². The van der Waals surface area contributed by atoms with Gasteiger partial charge in [0.15, 0.2) is 0 Å². The maximum atomic E-state index is 12.5. The highest BCUT2D eigenvalue weighted by molar-refractivity contribution is 7.89. The van der Waals surface area contributed by atoms with E-state index in [9.17, 15) is 23.3 Å². The Hall–Kier alpha value is -2.04. The van der Waals surface area contributed by atoms with Crippen molar-refractivity contribution in [3.8, 4) is 0 Å². The third kappa shape index (κ3) is 2.80. The number of aliphatic hydroxyl groups is 1. The molecule has 1 fully saturated rings. The lowest BCUT2D eigenvalue weighted by atomic mass is 10.00. The summed E-state index contributed by atoms with van der Waals surface area (Å²) in [5.41, 5.74) is 2.05. The molecule has 0 aliphatic carbocycles. The van der Waals surface area contributed by atoms with Gasteiger partial charge in [-0.3, -0.25) is 20.3 Å². The third-order valence-electron chi connectivity index (χ3n) is 3.55. The van der Waals surface area contributed by atoms with Crippen LogP contribution in [0.1, 0.15) is 13.3 Å². The monoisotopic (exact) mass is 329 g/mol. The SMILES string of the molecule is CC1C(CCO)C(=O)NN1S(=O)(=O)c1ccc([N+](=O)[O-])cc1. The molecule has 22 heavy (non-hydrogen) atoms. The molecule has 2 rings (SSSR count). The number of carbonyl (C=O) groups excluding carboxylic acids is 1. The fourth-order valence-electron chi connectivity index (χ4n) is 2.32. The van der Waals surface area contributed by atoms with Crippen LogP contribution >= 0.6 is 0 Å². The second-order valence-corrected chi connectivity index (χ2v) is 6.70. The first-order chi connectivity index (χ1) is 10.3. The molecule has 2 N–H and O–H groups in total. The van der Waals surface area contributed by atoms with Crippen molar-refractivity contribution in [1.29, 1.82) is 0 Å². The first kappa shape index (κ1) is 16.3. The number of carbonyl (C=O) groups is 1. The molecule has 120 valence electrons. The Bertz CT molecular complexity index is 687. The number of nitrogens with one attached hydrogen (secondary N) is 1. The Morgan fingerprint density at radius 3 is 2.45 bits per heavy atom. The van der Waals surface area contributed by atoms with Crippen molar-refractivity contribution in [2.24, 2.45) is 5.92 Å². The summed E-state index contributed by atoms with van der Waals surface area (Å²) >= 11 is 0. The lowest BCUT2D eigenvalue weighted by Crippen LogP contribution is -2.42. The second kappa shape index (κ2) is 5.99. The largest absolute Gasteiger partial charge is 0.396 e. The van der Waals surface area contributed by atoms with Crippen molar-refractivity contribution in [3.63, 3.8) is 0 Å². The summed E-state index contributed by atoms with van der Waals surface area (Å²) in [7, 11) is -4.02. The molecule has 1 saturated heterocycles. The van der Waals surface area contributed by atoms with Gasteiger partial charge in [0.05, 0.1) is 21.8 Å². The van der Waals surface area contributed by atoms with Crippen LogP contribution in [0.4, 0.5) is 5.69 Å². The van der Waals surface area contributed by atoms with Gasteiger partial charge in [0.25, 0.3) is 15.7 Å². The molecule has 1 amide bonds. The average molecular weight is 329 g/mol. The first-order valence-electron chi connectivity index (χ1n) is 6.49. The normalized spacial score (nSPS) is 22.5. The zero-order chi connectivity index (χ0) is 16.5. The van der Waals surface area contributed by atoms with Gasteiger partial charge >= 0.3 is 0 Å². The van der Waals surface area contributed by atoms with Gasteiger partial charge < -0.3 is 5.11 Å². The molecule has 1 aromatic carbocycles. The number of amides is 1. The average Bonchev–Trinajstić information content (AvgIpc) is 2.76. The lowest BCUT2D eigenvalue weighted by molar-refractivity contribution is -0.384. The van der Waals surface area contributed by atoms with Gasteiger partial charge in [-0.15, -0.1) is 4.41 Å². The molecule has 9 nitrogen and oxygen atoms in total. The van der Waals surface area contributed by atoms with Crippen LogP contribution in [0.5, 0.6) is 0 Å². The van der Waals surface area contributed by atoms with Crippen molar-refractivity contribution >= 4 is 21.6 Å². The summed E-state index contributed by atoms with van der Waals surface area (Å²) in [6.45, 7) is 1.33.